The first-order valence-corrected chi connectivity index (χ1v) is 7.05. The number of esters is 1. The fourth-order valence-corrected chi connectivity index (χ4v) is 2.48. The summed E-state index contributed by atoms with van der Waals surface area (Å²) in [5.74, 6) is -0.276. The SMILES string of the molecule is CCOC(=O)c1ccc(-c2cccc3ccccc23)cc1. The molecule has 0 saturated heterocycles. The van der Waals surface area contributed by atoms with Crippen molar-refractivity contribution in [2.24, 2.45) is 0 Å². The average molecular weight is 276 g/mol. The van der Waals surface area contributed by atoms with Gasteiger partial charge in [-0.15, -0.1) is 0 Å². The summed E-state index contributed by atoms with van der Waals surface area (Å²) >= 11 is 0. The molecule has 3 aromatic rings. The van der Waals surface area contributed by atoms with E-state index in [1.54, 1.807) is 0 Å². The summed E-state index contributed by atoms with van der Waals surface area (Å²) in [6, 6.07) is 22.1. The molecule has 3 aromatic carbocycles. The highest BCUT2D eigenvalue weighted by Gasteiger charge is 2.07. The molecule has 0 atom stereocenters. The molecule has 2 nitrogen and oxygen atoms in total. The van der Waals surface area contributed by atoms with Crippen molar-refractivity contribution in [1.82, 2.24) is 0 Å². The van der Waals surface area contributed by atoms with Crippen molar-refractivity contribution < 1.29 is 9.53 Å². The van der Waals surface area contributed by atoms with E-state index < -0.39 is 0 Å². The van der Waals surface area contributed by atoms with E-state index in [0.717, 1.165) is 5.56 Å². The molecule has 21 heavy (non-hydrogen) atoms. The molecule has 0 spiro atoms. The monoisotopic (exact) mass is 276 g/mol. The lowest BCUT2D eigenvalue weighted by atomic mass is 9.97. The molecule has 0 saturated carbocycles. The highest BCUT2D eigenvalue weighted by Crippen LogP contribution is 2.28. The predicted molar refractivity (Wildman–Crippen MR) is 85.3 cm³/mol. The normalized spacial score (nSPS) is 10.5. The smallest absolute Gasteiger partial charge is 0.338 e. The van der Waals surface area contributed by atoms with E-state index in [1.165, 1.54) is 16.3 Å². The summed E-state index contributed by atoms with van der Waals surface area (Å²) in [6.07, 6.45) is 0. The van der Waals surface area contributed by atoms with Crippen molar-refractivity contribution >= 4 is 16.7 Å². The molecule has 0 aromatic heterocycles. The average Bonchev–Trinajstić information content (AvgIpc) is 2.55. The number of rotatable bonds is 3. The molecule has 0 bridgehead atoms. The Morgan fingerprint density at radius 3 is 2.38 bits per heavy atom. The quantitative estimate of drug-likeness (QED) is 0.649. The molecule has 0 amide bonds. The Hall–Kier alpha value is -2.61. The van der Waals surface area contributed by atoms with Crippen LogP contribution in [0.1, 0.15) is 17.3 Å². The van der Waals surface area contributed by atoms with Crippen molar-refractivity contribution in [2.75, 3.05) is 6.61 Å². The van der Waals surface area contributed by atoms with Crippen LogP contribution in [0.2, 0.25) is 0 Å². The number of carbonyl (C=O) groups excluding carboxylic acids is 1. The summed E-state index contributed by atoms with van der Waals surface area (Å²) in [6.45, 7) is 2.20. The first kappa shape index (κ1) is 13.4. The maximum Gasteiger partial charge on any atom is 0.338 e. The Morgan fingerprint density at radius 1 is 0.905 bits per heavy atom. The van der Waals surface area contributed by atoms with Gasteiger partial charge in [0.1, 0.15) is 0 Å². The molecule has 0 unspecified atom stereocenters. The van der Waals surface area contributed by atoms with Crippen LogP contribution in [-0.4, -0.2) is 12.6 Å². The molecule has 0 aliphatic carbocycles. The maximum absolute atomic E-state index is 11.7. The summed E-state index contributed by atoms with van der Waals surface area (Å²) in [5, 5.41) is 2.42. The third kappa shape index (κ3) is 2.65. The summed E-state index contributed by atoms with van der Waals surface area (Å²) < 4.78 is 5.00. The van der Waals surface area contributed by atoms with Crippen molar-refractivity contribution in [3.8, 4) is 11.1 Å². The number of hydrogen-bond donors (Lipinski definition) is 0. The van der Waals surface area contributed by atoms with Gasteiger partial charge in [0.15, 0.2) is 0 Å². The zero-order valence-electron chi connectivity index (χ0n) is 11.9. The number of benzene rings is 3. The molecule has 0 N–H and O–H groups in total. The fraction of sp³-hybridized carbons (Fsp3) is 0.105. The van der Waals surface area contributed by atoms with Crippen molar-refractivity contribution in [2.45, 2.75) is 6.92 Å². The number of fused-ring (bicyclic) bond motifs is 1. The lowest BCUT2D eigenvalue weighted by Crippen LogP contribution is -2.03. The highest BCUT2D eigenvalue weighted by molar-refractivity contribution is 5.97. The van der Waals surface area contributed by atoms with Crippen LogP contribution in [0.4, 0.5) is 0 Å². The van der Waals surface area contributed by atoms with Crippen molar-refractivity contribution in [1.29, 1.82) is 0 Å². The van der Waals surface area contributed by atoms with Gasteiger partial charge >= 0.3 is 5.97 Å². The van der Waals surface area contributed by atoms with Gasteiger partial charge < -0.3 is 4.74 Å². The molecule has 3 rings (SSSR count). The molecular formula is C19H16O2. The molecule has 0 fully saturated rings. The first-order chi connectivity index (χ1) is 10.3. The highest BCUT2D eigenvalue weighted by atomic mass is 16.5. The topological polar surface area (TPSA) is 26.3 Å². The van der Waals surface area contributed by atoms with E-state index >= 15 is 0 Å². The third-order valence-corrected chi connectivity index (χ3v) is 3.50. The van der Waals surface area contributed by atoms with E-state index in [2.05, 4.69) is 30.3 Å². The van der Waals surface area contributed by atoms with E-state index in [4.69, 9.17) is 4.74 Å². The van der Waals surface area contributed by atoms with E-state index in [0.29, 0.717) is 12.2 Å². The molecule has 0 heterocycles. The Labute approximate surface area is 124 Å². The van der Waals surface area contributed by atoms with Gasteiger partial charge in [-0.2, -0.15) is 0 Å². The Balaban J connectivity index is 2.02. The number of hydrogen-bond acceptors (Lipinski definition) is 2. The summed E-state index contributed by atoms with van der Waals surface area (Å²) in [4.78, 5) is 11.7. The zero-order chi connectivity index (χ0) is 14.7. The van der Waals surface area contributed by atoms with Crippen LogP contribution in [0, 0.1) is 0 Å². The second-order valence-corrected chi connectivity index (χ2v) is 4.82. The van der Waals surface area contributed by atoms with Crippen molar-refractivity contribution in [3.63, 3.8) is 0 Å². The zero-order valence-corrected chi connectivity index (χ0v) is 11.9. The maximum atomic E-state index is 11.7. The van der Waals surface area contributed by atoms with Crippen LogP contribution in [0.25, 0.3) is 21.9 Å². The van der Waals surface area contributed by atoms with E-state index in [9.17, 15) is 4.79 Å². The van der Waals surface area contributed by atoms with Crippen LogP contribution in [-0.2, 0) is 4.74 Å². The Morgan fingerprint density at radius 2 is 1.62 bits per heavy atom. The van der Waals surface area contributed by atoms with E-state index in [1.807, 2.05) is 43.3 Å². The molecule has 0 aliphatic heterocycles. The lowest BCUT2D eigenvalue weighted by molar-refractivity contribution is 0.0526. The summed E-state index contributed by atoms with van der Waals surface area (Å²) in [7, 11) is 0. The standard InChI is InChI=1S/C19H16O2/c1-2-21-19(20)16-12-10-15(11-13-16)18-9-5-7-14-6-3-4-8-17(14)18/h3-13H,2H2,1H3. The van der Waals surface area contributed by atoms with Gasteiger partial charge in [0.05, 0.1) is 12.2 Å². The second-order valence-electron chi connectivity index (χ2n) is 4.82. The van der Waals surface area contributed by atoms with Crippen LogP contribution >= 0.6 is 0 Å². The molecule has 104 valence electrons. The third-order valence-electron chi connectivity index (χ3n) is 3.50. The van der Waals surface area contributed by atoms with Crippen LogP contribution in [0.15, 0.2) is 66.7 Å². The van der Waals surface area contributed by atoms with Crippen LogP contribution < -0.4 is 0 Å². The molecular weight excluding hydrogens is 260 g/mol. The van der Waals surface area contributed by atoms with Gasteiger partial charge in [0, 0.05) is 0 Å². The van der Waals surface area contributed by atoms with Crippen LogP contribution in [0.3, 0.4) is 0 Å². The lowest BCUT2D eigenvalue weighted by Gasteiger charge is -2.08. The number of carbonyl (C=O) groups is 1. The van der Waals surface area contributed by atoms with Gasteiger partial charge in [-0.1, -0.05) is 54.6 Å². The molecule has 0 aliphatic rings. The van der Waals surface area contributed by atoms with Gasteiger partial charge in [-0.05, 0) is 41.0 Å². The summed E-state index contributed by atoms with van der Waals surface area (Å²) in [5.41, 5.74) is 2.85. The largest absolute Gasteiger partial charge is 0.462 e. The minimum atomic E-state index is -0.276. The molecule has 0 radical (unpaired) electrons. The van der Waals surface area contributed by atoms with Gasteiger partial charge in [0.25, 0.3) is 0 Å². The Bertz CT molecular complexity index is 768. The van der Waals surface area contributed by atoms with Gasteiger partial charge in [-0.25, -0.2) is 4.79 Å². The van der Waals surface area contributed by atoms with E-state index in [-0.39, 0.29) is 5.97 Å². The van der Waals surface area contributed by atoms with Gasteiger partial charge in [0.2, 0.25) is 0 Å². The minimum Gasteiger partial charge on any atom is -0.462 e. The molecule has 2 heteroatoms. The fourth-order valence-electron chi connectivity index (χ4n) is 2.48. The minimum absolute atomic E-state index is 0.276. The van der Waals surface area contributed by atoms with Gasteiger partial charge in [-0.3, -0.25) is 0 Å². The first-order valence-electron chi connectivity index (χ1n) is 7.05. The Kier molecular flexibility index (Phi) is 3.69. The van der Waals surface area contributed by atoms with Crippen molar-refractivity contribution in [3.05, 3.63) is 72.3 Å². The second kappa shape index (κ2) is 5.80. The number of ether oxygens (including phenoxy) is 1. The predicted octanol–water partition coefficient (Wildman–Crippen LogP) is 4.68. The van der Waals surface area contributed by atoms with Crippen LogP contribution in [0.5, 0.6) is 0 Å².